The SMILES string of the molecule is CN(C)C1(CNC(C(=O)O)C2CC2)CCC1. The third kappa shape index (κ3) is 2.23. The Bertz CT molecular complexity index is 270. The molecule has 0 aliphatic heterocycles. The van der Waals surface area contributed by atoms with Gasteiger partial charge in [-0.3, -0.25) is 4.79 Å². The maximum absolute atomic E-state index is 11.1. The van der Waals surface area contributed by atoms with Crippen molar-refractivity contribution < 1.29 is 9.90 Å². The van der Waals surface area contributed by atoms with E-state index in [2.05, 4.69) is 24.3 Å². The molecule has 0 saturated heterocycles. The normalized spacial score (nSPS) is 25.2. The van der Waals surface area contributed by atoms with Crippen molar-refractivity contribution in [2.45, 2.75) is 43.7 Å². The summed E-state index contributed by atoms with van der Waals surface area (Å²) in [5.41, 5.74) is 0.211. The molecule has 4 nitrogen and oxygen atoms in total. The zero-order valence-electron chi connectivity index (χ0n) is 10.2. The van der Waals surface area contributed by atoms with E-state index in [1.165, 1.54) is 19.3 Å². The predicted octanol–water partition coefficient (Wildman–Crippen LogP) is 0.923. The Balaban J connectivity index is 1.87. The van der Waals surface area contributed by atoms with Gasteiger partial charge in [-0.1, -0.05) is 0 Å². The van der Waals surface area contributed by atoms with Crippen LogP contribution < -0.4 is 5.32 Å². The van der Waals surface area contributed by atoms with Gasteiger partial charge in [-0.2, -0.15) is 0 Å². The number of carbonyl (C=O) groups is 1. The molecule has 0 aromatic heterocycles. The predicted molar refractivity (Wildman–Crippen MR) is 62.4 cm³/mol. The van der Waals surface area contributed by atoms with Gasteiger partial charge >= 0.3 is 5.97 Å². The fourth-order valence-corrected chi connectivity index (χ4v) is 2.55. The van der Waals surface area contributed by atoms with E-state index in [0.29, 0.717) is 5.92 Å². The summed E-state index contributed by atoms with van der Waals surface area (Å²) < 4.78 is 0. The number of likely N-dealkylation sites (N-methyl/N-ethyl adjacent to an activating group) is 1. The lowest BCUT2D eigenvalue weighted by Crippen LogP contribution is -2.58. The smallest absolute Gasteiger partial charge is 0.320 e. The summed E-state index contributed by atoms with van der Waals surface area (Å²) in [4.78, 5) is 13.3. The highest BCUT2D eigenvalue weighted by Gasteiger charge is 2.42. The van der Waals surface area contributed by atoms with E-state index in [-0.39, 0.29) is 11.6 Å². The molecular formula is C12H22N2O2. The third-order valence-electron chi connectivity index (χ3n) is 4.24. The quantitative estimate of drug-likeness (QED) is 0.707. The first-order valence-electron chi connectivity index (χ1n) is 6.19. The topological polar surface area (TPSA) is 52.6 Å². The molecule has 2 aliphatic carbocycles. The van der Waals surface area contributed by atoms with Gasteiger partial charge in [-0.05, 0) is 52.1 Å². The third-order valence-corrected chi connectivity index (χ3v) is 4.24. The highest BCUT2D eigenvalue weighted by molar-refractivity contribution is 5.74. The number of hydrogen-bond acceptors (Lipinski definition) is 3. The molecule has 2 rings (SSSR count). The highest BCUT2D eigenvalue weighted by atomic mass is 16.4. The minimum absolute atomic E-state index is 0.211. The standard InChI is InChI=1S/C12H22N2O2/c1-14(2)12(6-3-7-12)8-13-10(11(15)16)9-4-5-9/h9-10,13H,3-8H2,1-2H3,(H,15,16). The zero-order chi connectivity index (χ0) is 11.8. The van der Waals surface area contributed by atoms with Gasteiger partial charge in [0.25, 0.3) is 0 Å². The number of aliphatic carboxylic acids is 1. The van der Waals surface area contributed by atoms with Crippen LogP contribution in [0.3, 0.4) is 0 Å². The number of hydrogen-bond donors (Lipinski definition) is 2. The van der Waals surface area contributed by atoms with Gasteiger partial charge in [0, 0.05) is 12.1 Å². The zero-order valence-corrected chi connectivity index (χ0v) is 10.2. The van der Waals surface area contributed by atoms with E-state index in [1.807, 2.05) is 0 Å². The number of carboxylic acids is 1. The maximum atomic E-state index is 11.1. The molecule has 16 heavy (non-hydrogen) atoms. The van der Waals surface area contributed by atoms with E-state index < -0.39 is 5.97 Å². The Morgan fingerprint density at radius 3 is 2.44 bits per heavy atom. The molecule has 0 spiro atoms. The van der Waals surface area contributed by atoms with Crippen LogP contribution in [0.25, 0.3) is 0 Å². The van der Waals surface area contributed by atoms with Gasteiger partial charge < -0.3 is 15.3 Å². The molecule has 0 amide bonds. The Morgan fingerprint density at radius 1 is 1.50 bits per heavy atom. The Hall–Kier alpha value is -0.610. The fraction of sp³-hybridized carbons (Fsp3) is 0.917. The summed E-state index contributed by atoms with van der Waals surface area (Å²) in [7, 11) is 4.18. The Kier molecular flexibility index (Phi) is 3.22. The van der Waals surface area contributed by atoms with E-state index in [1.54, 1.807) is 0 Å². The number of nitrogens with zero attached hydrogens (tertiary/aromatic N) is 1. The second-order valence-corrected chi connectivity index (χ2v) is 5.51. The summed E-state index contributed by atoms with van der Waals surface area (Å²) >= 11 is 0. The molecule has 92 valence electrons. The van der Waals surface area contributed by atoms with E-state index in [9.17, 15) is 4.79 Å². The van der Waals surface area contributed by atoms with Gasteiger partial charge in [0.2, 0.25) is 0 Å². The van der Waals surface area contributed by atoms with E-state index >= 15 is 0 Å². The monoisotopic (exact) mass is 226 g/mol. The van der Waals surface area contributed by atoms with Gasteiger partial charge in [0.1, 0.15) is 6.04 Å². The molecule has 2 saturated carbocycles. The molecular weight excluding hydrogens is 204 g/mol. The van der Waals surface area contributed by atoms with E-state index in [4.69, 9.17) is 5.11 Å². The van der Waals surface area contributed by atoms with Crippen molar-refractivity contribution in [3.05, 3.63) is 0 Å². The first-order chi connectivity index (χ1) is 7.55. The number of nitrogens with one attached hydrogen (secondary N) is 1. The second-order valence-electron chi connectivity index (χ2n) is 5.51. The molecule has 0 heterocycles. The second kappa shape index (κ2) is 4.34. The van der Waals surface area contributed by atoms with Crippen LogP contribution in [0, 0.1) is 5.92 Å². The molecule has 1 atom stereocenters. The van der Waals surface area contributed by atoms with Gasteiger partial charge in [-0.25, -0.2) is 0 Å². The minimum Gasteiger partial charge on any atom is -0.480 e. The van der Waals surface area contributed by atoms with Crippen LogP contribution in [0.1, 0.15) is 32.1 Å². The molecule has 2 N–H and O–H groups in total. The Labute approximate surface area is 97.0 Å². The van der Waals surface area contributed by atoms with Crippen molar-refractivity contribution in [1.29, 1.82) is 0 Å². The van der Waals surface area contributed by atoms with Crippen molar-refractivity contribution in [1.82, 2.24) is 10.2 Å². The van der Waals surface area contributed by atoms with Crippen molar-refractivity contribution >= 4 is 5.97 Å². The molecule has 0 aromatic carbocycles. The number of carboxylic acid groups (broad SMARTS) is 1. The average Bonchev–Trinajstić information content (AvgIpc) is 2.91. The van der Waals surface area contributed by atoms with Crippen LogP contribution in [0.5, 0.6) is 0 Å². The summed E-state index contributed by atoms with van der Waals surface area (Å²) in [6.07, 6.45) is 5.77. The van der Waals surface area contributed by atoms with Crippen LogP contribution in [-0.4, -0.2) is 48.2 Å². The average molecular weight is 226 g/mol. The van der Waals surface area contributed by atoms with E-state index in [0.717, 1.165) is 19.4 Å². The summed E-state index contributed by atoms with van der Waals surface area (Å²) in [5, 5.41) is 12.4. The summed E-state index contributed by atoms with van der Waals surface area (Å²) in [5.74, 6) is -0.312. The number of rotatable bonds is 6. The van der Waals surface area contributed by atoms with Crippen molar-refractivity contribution in [2.24, 2.45) is 5.92 Å². The van der Waals surface area contributed by atoms with Crippen molar-refractivity contribution in [2.75, 3.05) is 20.6 Å². The van der Waals surface area contributed by atoms with Crippen molar-refractivity contribution in [3.8, 4) is 0 Å². The van der Waals surface area contributed by atoms with Crippen LogP contribution in [0.2, 0.25) is 0 Å². The molecule has 0 radical (unpaired) electrons. The molecule has 1 unspecified atom stereocenters. The van der Waals surface area contributed by atoms with Gasteiger partial charge in [0.15, 0.2) is 0 Å². The summed E-state index contributed by atoms with van der Waals surface area (Å²) in [6, 6.07) is -0.322. The van der Waals surface area contributed by atoms with Gasteiger partial charge in [-0.15, -0.1) is 0 Å². The van der Waals surface area contributed by atoms with Crippen molar-refractivity contribution in [3.63, 3.8) is 0 Å². The lowest BCUT2D eigenvalue weighted by atomic mass is 9.75. The summed E-state index contributed by atoms with van der Waals surface area (Å²) in [6.45, 7) is 0.813. The van der Waals surface area contributed by atoms with Gasteiger partial charge in [0.05, 0.1) is 0 Å². The molecule has 0 bridgehead atoms. The van der Waals surface area contributed by atoms with Crippen LogP contribution in [-0.2, 0) is 4.79 Å². The van der Waals surface area contributed by atoms with Crippen LogP contribution in [0.15, 0.2) is 0 Å². The van der Waals surface area contributed by atoms with Crippen LogP contribution in [0.4, 0.5) is 0 Å². The Morgan fingerprint density at radius 2 is 2.12 bits per heavy atom. The molecule has 2 fully saturated rings. The molecule has 0 aromatic rings. The molecule has 2 aliphatic rings. The first-order valence-corrected chi connectivity index (χ1v) is 6.19. The lowest BCUT2D eigenvalue weighted by molar-refractivity contribution is -0.140. The largest absolute Gasteiger partial charge is 0.480 e. The first kappa shape index (κ1) is 11.9. The maximum Gasteiger partial charge on any atom is 0.320 e. The lowest BCUT2D eigenvalue weighted by Gasteiger charge is -2.48. The van der Waals surface area contributed by atoms with Crippen LogP contribution >= 0.6 is 0 Å². The fourth-order valence-electron chi connectivity index (χ4n) is 2.55. The molecule has 4 heteroatoms. The minimum atomic E-state index is -0.685. The highest BCUT2D eigenvalue weighted by Crippen LogP contribution is 2.37.